The summed E-state index contributed by atoms with van der Waals surface area (Å²) in [4.78, 5) is 10.6. The molecule has 0 spiro atoms. The number of amides is 1. The van der Waals surface area contributed by atoms with Gasteiger partial charge >= 0.3 is 0 Å². The number of hydrogen-bond acceptors (Lipinski definition) is 2. The topological polar surface area (TPSA) is 55.1 Å². The third-order valence-electron chi connectivity index (χ3n) is 1.61. The zero-order valence-electron chi connectivity index (χ0n) is 7.23. The predicted octanol–water partition coefficient (Wildman–Crippen LogP) is 0.495. The predicted molar refractivity (Wildman–Crippen MR) is 41.9 cm³/mol. The van der Waals surface area contributed by atoms with Gasteiger partial charge in [-0.1, -0.05) is 0 Å². The summed E-state index contributed by atoms with van der Waals surface area (Å²) >= 11 is 0. The fraction of sp³-hybridized carbons (Fsp3) is 0.857. The maximum Gasteiger partial charge on any atom is 0.261 e. The second-order valence-electron chi connectivity index (χ2n) is 2.94. The van der Waals surface area contributed by atoms with Gasteiger partial charge in [0.15, 0.2) is 0 Å². The quantitative estimate of drug-likeness (QED) is 0.661. The maximum absolute atomic E-state index is 12.4. The first kappa shape index (κ1) is 11.3. The average Bonchev–Trinajstić information content (AvgIpc) is 1.85. The molecule has 0 aliphatic carbocycles. The molecule has 0 saturated carbocycles. The minimum Gasteiger partial charge on any atom is -0.345 e. The standard InChI is InChI=1S/C7H14F2N2O/c1-5(12)11-7(2,3-4-10)6(8)9/h6H,3-4,10H2,1-2H3,(H,11,12). The number of carbonyl (C=O) groups is 1. The average molecular weight is 180 g/mol. The van der Waals surface area contributed by atoms with Crippen LogP contribution in [0.1, 0.15) is 20.3 Å². The first-order valence-electron chi connectivity index (χ1n) is 3.69. The fourth-order valence-electron chi connectivity index (χ4n) is 0.928. The van der Waals surface area contributed by atoms with Gasteiger partial charge in [0.1, 0.15) is 0 Å². The van der Waals surface area contributed by atoms with Crippen molar-refractivity contribution in [2.75, 3.05) is 6.54 Å². The summed E-state index contributed by atoms with van der Waals surface area (Å²) in [7, 11) is 0. The van der Waals surface area contributed by atoms with Crippen LogP contribution < -0.4 is 11.1 Å². The summed E-state index contributed by atoms with van der Waals surface area (Å²) in [5, 5.41) is 2.19. The van der Waals surface area contributed by atoms with Crippen molar-refractivity contribution < 1.29 is 13.6 Å². The van der Waals surface area contributed by atoms with Gasteiger partial charge in [-0.2, -0.15) is 0 Å². The zero-order valence-corrected chi connectivity index (χ0v) is 7.23. The van der Waals surface area contributed by atoms with E-state index in [1.807, 2.05) is 0 Å². The molecule has 3 nitrogen and oxygen atoms in total. The summed E-state index contributed by atoms with van der Waals surface area (Å²) in [6, 6.07) is 0. The van der Waals surface area contributed by atoms with Crippen LogP contribution in [0.15, 0.2) is 0 Å². The van der Waals surface area contributed by atoms with Crippen molar-refractivity contribution in [1.82, 2.24) is 5.32 Å². The molecule has 12 heavy (non-hydrogen) atoms. The van der Waals surface area contributed by atoms with E-state index in [0.717, 1.165) is 0 Å². The minimum absolute atomic E-state index is 0.0737. The van der Waals surface area contributed by atoms with Crippen molar-refractivity contribution in [3.8, 4) is 0 Å². The van der Waals surface area contributed by atoms with Crippen molar-refractivity contribution in [2.24, 2.45) is 5.73 Å². The lowest BCUT2D eigenvalue weighted by atomic mass is 9.98. The number of nitrogens with two attached hydrogens (primary N) is 1. The molecule has 0 aromatic rings. The molecule has 1 unspecified atom stereocenters. The Morgan fingerprint density at radius 1 is 1.67 bits per heavy atom. The molecule has 5 heteroatoms. The Morgan fingerprint density at radius 3 is 2.42 bits per heavy atom. The molecule has 0 aromatic heterocycles. The lowest BCUT2D eigenvalue weighted by Gasteiger charge is -2.28. The second-order valence-corrected chi connectivity index (χ2v) is 2.94. The number of alkyl halides is 2. The minimum atomic E-state index is -2.59. The highest BCUT2D eigenvalue weighted by atomic mass is 19.3. The highest BCUT2D eigenvalue weighted by Gasteiger charge is 2.34. The van der Waals surface area contributed by atoms with E-state index in [0.29, 0.717) is 0 Å². The van der Waals surface area contributed by atoms with Crippen LogP contribution in [-0.4, -0.2) is 24.4 Å². The third kappa shape index (κ3) is 3.13. The van der Waals surface area contributed by atoms with E-state index in [1.54, 1.807) is 0 Å². The largest absolute Gasteiger partial charge is 0.345 e. The molecule has 0 bridgehead atoms. The van der Waals surface area contributed by atoms with E-state index >= 15 is 0 Å². The van der Waals surface area contributed by atoms with Gasteiger partial charge in [-0.25, -0.2) is 8.78 Å². The SMILES string of the molecule is CC(=O)NC(C)(CCN)C(F)F. The molecule has 72 valence electrons. The molecular weight excluding hydrogens is 166 g/mol. The molecule has 1 atom stereocenters. The van der Waals surface area contributed by atoms with Crippen LogP contribution in [0.5, 0.6) is 0 Å². The van der Waals surface area contributed by atoms with Crippen LogP contribution in [0.4, 0.5) is 8.78 Å². The van der Waals surface area contributed by atoms with Crippen molar-refractivity contribution >= 4 is 5.91 Å². The van der Waals surface area contributed by atoms with Crippen LogP contribution in [0.25, 0.3) is 0 Å². The summed E-state index contributed by atoms with van der Waals surface area (Å²) in [6.45, 7) is 2.62. The Kier molecular flexibility index (Phi) is 4.09. The van der Waals surface area contributed by atoms with Crippen LogP contribution >= 0.6 is 0 Å². The number of hydrogen-bond donors (Lipinski definition) is 2. The summed E-state index contributed by atoms with van der Waals surface area (Å²) in [5.41, 5.74) is 3.66. The Bertz CT molecular complexity index is 163. The van der Waals surface area contributed by atoms with E-state index in [9.17, 15) is 13.6 Å². The Hall–Kier alpha value is -0.710. The maximum atomic E-state index is 12.4. The molecule has 0 aliphatic rings. The van der Waals surface area contributed by atoms with E-state index in [2.05, 4.69) is 5.32 Å². The molecular formula is C7H14F2N2O. The monoisotopic (exact) mass is 180 g/mol. The van der Waals surface area contributed by atoms with Gasteiger partial charge in [0, 0.05) is 6.92 Å². The smallest absolute Gasteiger partial charge is 0.261 e. The van der Waals surface area contributed by atoms with E-state index in [-0.39, 0.29) is 13.0 Å². The molecule has 0 rings (SSSR count). The molecule has 3 N–H and O–H groups in total. The number of nitrogens with one attached hydrogen (secondary N) is 1. The van der Waals surface area contributed by atoms with Crippen LogP contribution in [0, 0.1) is 0 Å². The summed E-state index contributed by atoms with van der Waals surface area (Å²) in [6.07, 6.45) is -2.52. The van der Waals surface area contributed by atoms with Gasteiger partial charge in [-0.15, -0.1) is 0 Å². The molecule has 0 saturated heterocycles. The third-order valence-corrected chi connectivity index (χ3v) is 1.61. The van der Waals surface area contributed by atoms with Crippen molar-refractivity contribution in [1.29, 1.82) is 0 Å². The Balaban J connectivity index is 4.28. The van der Waals surface area contributed by atoms with Crippen molar-refractivity contribution in [3.63, 3.8) is 0 Å². The molecule has 0 radical (unpaired) electrons. The molecule has 0 aromatic carbocycles. The summed E-state index contributed by atoms with van der Waals surface area (Å²) in [5.74, 6) is -0.466. The number of carbonyl (C=O) groups excluding carboxylic acids is 1. The molecule has 0 aliphatic heterocycles. The van der Waals surface area contributed by atoms with Crippen molar-refractivity contribution in [2.45, 2.75) is 32.2 Å². The fourth-order valence-corrected chi connectivity index (χ4v) is 0.928. The highest BCUT2D eigenvalue weighted by Crippen LogP contribution is 2.18. The van der Waals surface area contributed by atoms with Gasteiger partial charge in [-0.3, -0.25) is 4.79 Å². The van der Waals surface area contributed by atoms with Gasteiger partial charge in [0.25, 0.3) is 6.43 Å². The van der Waals surface area contributed by atoms with Gasteiger partial charge in [0.2, 0.25) is 5.91 Å². The molecule has 0 fully saturated rings. The first-order chi connectivity index (χ1) is 5.42. The highest BCUT2D eigenvalue weighted by molar-refractivity contribution is 5.73. The van der Waals surface area contributed by atoms with E-state index < -0.39 is 17.9 Å². The van der Waals surface area contributed by atoms with Crippen LogP contribution in [0.3, 0.4) is 0 Å². The normalized spacial score (nSPS) is 15.8. The number of rotatable bonds is 4. The molecule has 0 heterocycles. The Morgan fingerprint density at radius 2 is 2.17 bits per heavy atom. The lowest BCUT2D eigenvalue weighted by molar-refractivity contribution is -0.123. The van der Waals surface area contributed by atoms with Gasteiger partial charge < -0.3 is 11.1 Å². The van der Waals surface area contributed by atoms with Crippen LogP contribution in [0.2, 0.25) is 0 Å². The van der Waals surface area contributed by atoms with E-state index in [4.69, 9.17) is 5.73 Å². The second kappa shape index (κ2) is 4.35. The van der Waals surface area contributed by atoms with Crippen molar-refractivity contribution in [3.05, 3.63) is 0 Å². The van der Waals surface area contributed by atoms with Gasteiger partial charge in [0.05, 0.1) is 5.54 Å². The molecule has 1 amide bonds. The summed E-state index contributed by atoms with van der Waals surface area (Å²) < 4.78 is 24.7. The Labute approximate surface area is 70.3 Å². The lowest BCUT2D eigenvalue weighted by Crippen LogP contribution is -2.51. The van der Waals surface area contributed by atoms with Crippen LogP contribution in [-0.2, 0) is 4.79 Å². The zero-order chi connectivity index (χ0) is 9.78. The van der Waals surface area contributed by atoms with E-state index in [1.165, 1.54) is 13.8 Å². The first-order valence-corrected chi connectivity index (χ1v) is 3.69. The number of halogens is 2. The van der Waals surface area contributed by atoms with Gasteiger partial charge in [-0.05, 0) is 19.9 Å².